The van der Waals surface area contributed by atoms with Crippen molar-refractivity contribution in [2.75, 3.05) is 6.61 Å². The second-order valence-corrected chi connectivity index (χ2v) is 8.57. The molecule has 0 radical (unpaired) electrons. The Morgan fingerprint density at radius 1 is 1.25 bits per heavy atom. The number of carbonyl (C=O) groups is 1. The minimum atomic E-state index is -3.90. The summed E-state index contributed by atoms with van der Waals surface area (Å²) in [6.45, 7) is 4.03. The molecule has 0 spiro atoms. The van der Waals surface area contributed by atoms with Crippen LogP contribution in [0.5, 0.6) is 0 Å². The molecule has 3 rings (SSSR count). The van der Waals surface area contributed by atoms with E-state index in [1.165, 1.54) is 12.1 Å². The molecule has 0 atom stereocenters. The Morgan fingerprint density at radius 2 is 1.96 bits per heavy atom. The molecule has 1 aromatic heterocycles. The molecule has 0 amide bonds. The van der Waals surface area contributed by atoms with Gasteiger partial charge in [-0.3, -0.25) is 0 Å². The van der Waals surface area contributed by atoms with Crippen molar-refractivity contribution < 1.29 is 17.9 Å². The number of benzene rings is 2. The van der Waals surface area contributed by atoms with Gasteiger partial charge in [0.15, 0.2) is 0 Å². The summed E-state index contributed by atoms with van der Waals surface area (Å²) in [5.74, 6) is 2.08. The van der Waals surface area contributed by atoms with Gasteiger partial charge in [-0.15, -0.1) is 10.8 Å². The summed E-state index contributed by atoms with van der Waals surface area (Å²) in [5.41, 5.74) is 2.04. The van der Waals surface area contributed by atoms with Gasteiger partial charge in [0.2, 0.25) is 4.80 Å². The highest BCUT2D eigenvalue weighted by molar-refractivity contribution is 7.90. The summed E-state index contributed by atoms with van der Waals surface area (Å²) in [6.07, 6.45) is 5.46. The average molecular weight is 415 g/mol. The summed E-state index contributed by atoms with van der Waals surface area (Å²) in [4.78, 5) is 12.3. The fraction of sp³-hybridized carbons (Fsp3) is 0.200. The van der Waals surface area contributed by atoms with Crippen molar-refractivity contribution in [1.82, 2.24) is 4.57 Å². The summed E-state index contributed by atoms with van der Waals surface area (Å²) in [5, 5.41) is 0. The van der Waals surface area contributed by atoms with Crippen LogP contribution in [0.25, 0.3) is 10.2 Å². The third kappa shape index (κ3) is 4.01. The van der Waals surface area contributed by atoms with E-state index in [0.717, 1.165) is 16.9 Å². The Kier molecular flexibility index (Phi) is 5.68. The standard InChI is InChI=1S/C20H18N2O4S2/c1-4-12-22-17-11-8-15(19(23)26-5-2)13-18(17)27-20(22)21-28(24,25)16-9-6-14(3)7-10-16/h1,6-11,13H,5,12H2,2-3H3/b21-20-. The Morgan fingerprint density at radius 3 is 2.61 bits per heavy atom. The molecule has 28 heavy (non-hydrogen) atoms. The van der Waals surface area contributed by atoms with Gasteiger partial charge in [0.1, 0.15) is 0 Å². The first-order chi connectivity index (χ1) is 13.4. The molecule has 0 aliphatic heterocycles. The maximum Gasteiger partial charge on any atom is 0.338 e. The quantitative estimate of drug-likeness (QED) is 0.475. The van der Waals surface area contributed by atoms with Crippen molar-refractivity contribution in [1.29, 1.82) is 0 Å². The van der Waals surface area contributed by atoms with Crippen molar-refractivity contribution in [3.05, 3.63) is 58.4 Å². The maximum atomic E-state index is 12.7. The van der Waals surface area contributed by atoms with Gasteiger partial charge in [-0.1, -0.05) is 35.0 Å². The van der Waals surface area contributed by atoms with Gasteiger partial charge < -0.3 is 9.30 Å². The molecular formula is C20H18N2O4S2. The average Bonchev–Trinajstić information content (AvgIpc) is 2.98. The molecule has 6 nitrogen and oxygen atoms in total. The monoisotopic (exact) mass is 414 g/mol. The van der Waals surface area contributed by atoms with Crippen molar-refractivity contribution in [3.63, 3.8) is 0 Å². The lowest BCUT2D eigenvalue weighted by atomic mass is 10.2. The minimum absolute atomic E-state index is 0.107. The third-order valence-corrected chi connectivity index (χ3v) is 6.40. The first-order valence-electron chi connectivity index (χ1n) is 8.47. The van der Waals surface area contributed by atoms with Gasteiger partial charge >= 0.3 is 5.97 Å². The molecule has 0 bridgehead atoms. The van der Waals surface area contributed by atoms with E-state index in [1.807, 2.05) is 6.92 Å². The minimum Gasteiger partial charge on any atom is -0.462 e. The van der Waals surface area contributed by atoms with E-state index in [0.29, 0.717) is 15.8 Å². The maximum absolute atomic E-state index is 12.7. The van der Waals surface area contributed by atoms with E-state index in [4.69, 9.17) is 11.2 Å². The number of hydrogen-bond donors (Lipinski definition) is 0. The number of esters is 1. The van der Waals surface area contributed by atoms with Crippen LogP contribution in [0.2, 0.25) is 0 Å². The molecule has 8 heteroatoms. The van der Waals surface area contributed by atoms with Crippen molar-refractivity contribution >= 4 is 37.5 Å². The van der Waals surface area contributed by atoms with Crippen LogP contribution in [0.4, 0.5) is 0 Å². The van der Waals surface area contributed by atoms with Crippen molar-refractivity contribution in [2.24, 2.45) is 4.40 Å². The lowest BCUT2D eigenvalue weighted by Gasteiger charge is -2.03. The Labute approximate surface area is 167 Å². The smallest absolute Gasteiger partial charge is 0.338 e. The molecule has 0 saturated carbocycles. The number of ether oxygens (including phenoxy) is 1. The Bertz CT molecular complexity index is 1240. The Hall–Kier alpha value is -2.89. The SMILES string of the molecule is C#CCn1/c(=N/S(=O)(=O)c2ccc(C)cc2)sc2cc(C(=O)OCC)ccc21. The summed E-state index contributed by atoms with van der Waals surface area (Å²) < 4.78 is 36.8. The number of rotatable bonds is 5. The second-order valence-electron chi connectivity index (χ2n) is 5.96. The van der Waals surface area contributed by atoms with Crippen LogP contribution in [0.1, 0.15) is 22.8 Å². The van der Waals surface area contributed by atoms with Gasteiger partial charge in [-0.05, 0) is 44.2 Å². The zero-order valence-corrected chi connectivity index (χ0v) is 17.0. The molecule has 0 fully saturated rings. The molecule has 0 N–H and O–H groups in total. The van der Waals surface area contributed by atoms with Gasteiger partial charge in [0.25, 0.3) is 10.0 Å². The molecule has 1 heterocycles. The molecule has 0 aliphatic carbocycles. The number of thiazole rings is 1. The predicted molar refractivity (Wildman–Crippen MR) is 109 cm³/mol. The predicted octanol–water partition coefficient (Wildman–Crippen LogP) is 3.11. The number of hydrogen-bond acceptors (Lipinski definition) is 5. The van der Waals surface area contributed by atoms with Gasteiger partial charge in [0.05, 0.1) is 33.8 Å². The van der Waals surface area contributed by atoms with Crippen LogP contribution in [-0.2, 0) is 21.3 Å². The number of terminal acetylenes is 1. The number of aryl methyl sites for hydroxylation is 1. The van der Waals surface area contributed by atoms with E-state index in [-0.39, 0.29) is 22.8 Å². The van der Waals surface area contributed by atoms with Crippen LogP contribution in [0.3, 0.4) is 0 Å². The summed E-state index contributed by atoms with van der Waals surface area (Å²) >= 11 is 1.15. The molecule has 144 valence electrons. The molecule has 0 aliphatic rings. The van der Waals surface area contributed by atoms with E-state index in [9.17, 15) is 13.2 Å². The van der Waals surface area contributed by atoms with E-state index in [2.05, 4.69) is 10.3 Å². The number of aromatic nitrogens is 1. The fourth-order valence-corrected chi connectivity index (χ4v) is 4.87. The number of nitrogens with zero attached hydrogens (tertiary/aromatic N) is 2. The largest absolute Gasteiger partial charge is 0.462 e. The second kappa shape index (κ2) is 8.00. The van der Waals surface area contributed by atoms with Crippen LogP contribution in [-0.4, -0.2) is 25.6 Å². The summed E-state index contributed by atoms with van der Waals surface area (Å²) in [7, 11) is -3.90. The van der Waals surface area contributed by atoms with E-state index in [1.54, 1.807) is 41.8 Å². The van der Waals surface area contributed by atoms with Crippen LogP contribution in [0, 0.1) is 19.3 Å². The van der Waals surface area contributed by atoms with Gasteiger partial charge in [-0.25, -0.2) is 4.79 Å². The molecular weight excluding hydrogens is 396 g/mol. The first-order valence-corrected chi connectivity index (χ1v) is 10.7. The molecule has 0 unspecified atom stereocenters. The van der Waals surface area contributed by atoms with Crippen molar-refractivity contribution in [2.45, 2.75) is 25.3 Å². The van der Waals surface area contributed by atoms with Crippen LogP contribution in [0.15, 0.2) is 51.8 Å². The normalized spacial score (nSPS) is 12.1. The lowest BCUT2D eigenvalue weighted by molar-refractivity contribution is 0.0526. The highest BCUT2D eigenvalue weighted by atomic mass is 32.2. The molecule has 3 aromatic rings. The third-order valence-electron chi connectivity index (χ3n) is 3.96. The van der Waals surface area contributed by atoms with Gasteiger partial charge in [0, 0.05) is 0 Å². The number of carbonyl (C=O) groups excluding carboxylic acids is 1. The van der Waals surface area contributed by atoms with Crippen LogP contribution >= 0.6 is 11.3 Å². The summed E-state index contributed by atoms with van der Waals surface area (Å²) in [6, 6.07) is 11.5. The van der Waals surface area contributed by atoms with Gasteiger partial charge in [-0.2, -0.15) is 8.42 Å². The lowest BCUT2D eigenvalue weighted by Crippen LogP contribution is -2.16. The fourth-order valence-electron chi connectivity index (χ4n) is 2.59. The molecule has 2 aromatic carbocycles. The highest BCUT2D eigenvalue weighted by Crippen LogP contribution is 2.21. The zero-order valence-electron chi connectivity index (χ0n) is 15.4. The van der Waals surface area contributed by atoms with E-state index < -0.39 is 16.0 Å². The highest BCUT2D eigenvalue weighted by Gasteiger charge is 2.16. The first kappa shape index (κ1) is 19.9. The van der Waals surface area contributed by atoms with Crippen LogP contribution < -0.4 is 4.80 Å². The topological polar surface area (TPSA) is 77.7 Å². The number of sulfonamides is 1. The Balaban J connectivity index is 2.17. The van der Waals surface area contributed by atoms with E-state index >= 15 is 0 Å². The number of fused-ring (bicyclic) bond motifs is 1. The molecule has 0 saturated heterocycles. The zero-order chi connectivity index (χ0) is 20.3. The van der Waals surface area contributed by atoms with Crippen molar-refractivity contribution in [3.8, 4) is 12.3 Å².